The molecule has 0 spiro atoms. The molecule has 158 valence electrons. The van der Waals surface area contributed by atoms with E-state index in [1.807, 2.05) is 6.07 Å². The summed E-state index contributed by atoms with van der Waals surface area (Å²) in [5.41, 5.74) is 3.18. The Morgan fingerprint density at radius 1 is 1.23 bits per heavy atom. The largest absolute Gasteiger partial charge is 0.470 e. The first kappa shape index (κ1) is 16.3. The van der Waals surface area contributed by atoms with Crippen molar-refractivity contribution in [1.29, 1.82) is 0 Å². The van der Waals surface area contributed by atoms with Crippen molar-refractivity contribution >= 4 is 5.65 Å². The van der Waals surface area contributed by atoms with E-state index in [1.165, 1.54) is 4.52 Å². The summed E-state index contributed by atoms with van der Waals surface area (Å²) in [7, 11) is 0. The van der Waals surface area contributed by atoms with Gasteiger partial charge in [-0.2, -0.15) is 4.52 Å². The molecule has 10 heteroatoms. The van der Waals surface area contributed by atoms with E-state index < -0.39 is 6.56 Å². The molecule has 2 aliphatic rings. The standard InChI is InChI=1S/C21H21N7O3/c1-13-8-18(26-31-13)21-24-23-19-4-5-20(25-28(19)21)30-10-15-3-2-14-9-27(16-11-29-12-16)7-6-17(14)22-15/h2-5,8,16H,6-7,9-12H2,1H3/i10D2. The normalized spacial score (nSPS) is 18.4. The van der Waals surface area contributed by atoms with Crippen molar-refractivity contribution < 1.29 is 16.7 Å². The van der Waals surface area contributed by atoms with Crippen molar-refractivity contribution in [3.63, 3.8) is 0 Å². The van der Waals surface area contributed by atoms with E-state index >= 15 is 0 Å². The Hall–Kier alpha value is -3.37. The van der Waals surface area contributed by atoms with Crippen molar-refractivity contribution in [3.8, 4) is 17.4 Å². The summed E-state index contributed by atoms with van der Waals surface area (Å²) < 4.78 is 34.5. The topological polar surface area (TPSA) is 104 Å². The molecule has 0 aromatic carbocycles. The van der Waals surface area contributed by atoms with Crippen LogP contribution in [0, 0.1) is 6.92 Å². The number of aromatic nitrogens is 6. The fourth-order valence-electron chi connectivity index (χ4n) is 3.80. The molecule has 0 aliphatic carbocycles. The van der Waals surface area contributed by atoms with E-state index in [1.54, 1.807) is 31.2 Å². The third-order valence-electron chi connectivity index (χ3n) is 5.57. The van der Waals surface area contributed by atoms with Crippen LogP contribution in [0.25, 0.3) is 17.2 Å². The zero-order chi connectivity index (χ0) is 22.6. The quantitative estimate of drug-likeness (QED) is 0.477. The first-order valence-electron chi connectivity index (χ1n) is 11.1. The molecule has 0 atom stereocenters. The Morgan fingerprint density at radius 3 is 2.97 bits per heavy atom. The molecular weight excluding hydrogens is 398 g/mol. The van der Waals surface area contributed by atoms with Crippen LogP contribution in [-0.2, 0) is 24.3 Å². The van der Waals surface area contributed by atoms with Gasteiger partial charge in [-0.3, -0.25) is 9.88 Å². The lowest BCUT2D eigenvalue weighted by atomic mass is 10.0. The highest BCUT2D eigenvalue weighted by Gasteiger charge is 2.29. The summed E-state index contributed by atoms with van der Waals surface area (Å²) in [4.78, 5) is 6.99. The smallest absolute Gasteiger partial charge is 0.232 e. The molecule has 6 heterocycles. The average Bonchev–Trinajstić information content (AvgIpc) is 3.37. The summed E-state index contributed by atoms with van der Waals surface area (Å²) in [6, 6.07) is 9.02. The summed E-state index contributed by atoms with van der Waals surface area (Å²) >= 11 is 0. The number of ether oxygens (including phenoxy) is 2. The summed E-state index contributed by atoms with van der Waals surface area (Å²) in [5.74, 6) is 1.08. The molecule has 4 aromatic rings. The number of hydrogen-bond donors (Lipinski definition) is 0. The van der Waals surface area contributed by atoms with E-state index in [9.17, 15) is 0 Å². The van der Waals surface area contributed by atoms with Crippen LogP contribution in [0.15, 0.2) is 34.9 Å². The van der Waals surface area contributed by atoms with Crippen LogP contribution in [0.3, 0.4) is 0 Å². The van der Waals surface area contributed by atoms with Gasteiger partial charge in [-0.15, -0.1) is 15.3 Å². The van der Waals surface area contributed by atoms with Crippen LogP contribution in [0.2, 0.25) is 0 Å². The molecule has 4 aromatic heterocycles. The van der Waals surface area contributed by atoms with E-state index in [2.05, 4.69) is 30.3 Å². The second kappa shape index (κ2) is 7.40. The lowest BCUT2D eigenvalue weighted by Gasteiger charge is -2.39. The predicted molar refractivity (Wildman–Crippen MR) is 108 cm³/mol. The summed E-state index contributed by atoms with van der Waals surface area (Å²) in [5, 5.41) is 16.5. The molecule has 0 unspecified atom stereocenters. The summed E-state index contributed by atoms with van der Waals surface area (Å²) in [6.07, 6.45) is 0.765. The highest BCUT2D eigenvalue weighted by Crippen LogP contribution is 2.23. The molecule has 31 heavy (non-hydrogen) atoms. The summed E-state index contributed by atoms with van der Waals surface area (Å²) in [6.45, 7) is 2.85. The van der Waals surface area contributed by atoms with Crippen molar-refractivity contribution in [3.05, 3.63) is 53.0 Å². The first-order chi connectivity index (χ1) is 16.0. The van der Waals surface area contributed by atoms with Gasteiger partial charge >= 0.3 is 0 Å². The molecule has 0 radical (unpaired) electrons. The highest BCUT2D eigenvalue weighted by atomic mass is 16.5. The van der Waals surface area contributed by atoms with Crippen molar-refractivity contribution in [1.82, 2.24) is 34.9 Å². The molecular formula is C21H21N7O3. The fourth-order valence-corrected chi connectivity index (χ4v) is 3.80. The number of fused-ring (bicyclic) bond motifs is 2. The van der Waals surface area contributed by atoms with E-state index in [0.717, 1.165) is 44.0 Å². The van der Waals surface area contributed by atoms with Crippen molar-refractivity contribution in [2.24, 2.45) is 0 Å². The number of rotatable bonds is 5. The minimum Gasteiger partial charge on any atom is -0.470 e. The van der Waals surface area contributed by atoms with E-state index in [0.29, 0.717) is 29.0 Å². The monoisotopic (exact) mass is 421 g/mol. The zero-order valence-corrected chi connectivity index (χ0v) is 16.9. The third kappa shape index (κ3) is 3.43. The van der Waals surface area contributed by atoms with E-state index in [4.69, 9.17) is 16.7 Å². The van der Waals surface area contributed by atoms with Gasteiger partial charge in [0.1, 0.15) is 12.3 Å². The van der Waals surface area contributed by atoms with Crippen LogP contribution >= 0.6 is 0 Å². The molecule has 10 nitrogen and oxygen atoms in total. The first-order valence-corrected chi connectivity index (χ1v) is 10.1. The van der Waals surface area contributed by atoms with Crippen LogP contribution in [0.1, 0.15) is 25.5 Å². The maximum Gasteiger partial charge on any atom is 0.232 e. The number of aryl methyl sites for hydroxylation is 1. The maximum absolute atomic E-state index is 8.51. The molecule has 0 amide bonds. The molecule has 2 aliphatic heterocycles. The Labute approximate surface area is 180 Å². The second-order valence-corrected chi connectivity index (χ2v) is 7.71. The highest BCUT2D eigenvalue weighted by molar-refractivity contribution is 5.54. The third-order valence-corrected chi connectivity index (χ3v) is 5.57. The molecule has 6 rings (SSSR count). The second-order valence-electron chi connectivity index (χ2n) is 7.71. The fraction of sp³-hybridized carbons (Fsp3) is 0.381. The van der Waals surface area contributed by atoms with Crippen molar-refractivity contribution in [2.75, 3.05) is 19.8 Å². The molecule has 0 bridgehead atoms. The number of hydrogen-bond acceptors (Lipinski definition) is 9. The van der Waals surface area contributed by atoms with Gasteiger partial charge in [0.25, 0.3) is 0 Å². The number of nitrogens with zero attached hydrogens (tertiary/aromatic N) is 7. The van der Waals surface area contributed by atoms with Crippen molar-refractivity contribution in [2.45, 2.75) is 32.5 Å². The average molecular weight is 421 g/mol. The van der Waals surface area contributed by atoms with Gasteiger partial charge in [-0.05, 0) is 24.6 Å². The van der Waals surface area contributed by atoms with Crippen LogP contribution in [0.4, 0.5) is 0 Å². The molecule has 0 N–H and O–H groups in total. The molecule has 1 saturated heterocycles. The van der Waals surface area contributed by atoms with E-state index in [-0.39, 0.29) is 11.6 Å². The number of pyridine rings is 1. The Bertz CT molecular complexity index is 1330. The Balaban J connectivity index is 1.25. The van der Waals surface area contributed by atoms with Gasteiger partial charge in [0.05, 0.1) is 27.7 Å². The maximum atomic E-state index is 8.51. The Morgan fingerprint density at radius 2 is 2.16 bits per heavy atom. The minimum atomic E-state index is -2.17. The van der Waals surface area contributed by atoms with Gasteiger partial charge in [0.15, 0.2) is 11.3 Å². The SMILES string of the molecule is [2H]C([2H])(Oc1ccc2nnc(-c3cc(C)on3)n2n1)c1ccc2c(n1)CCN(C1COC1)C2. The molecule has 0 saturated carbocycles. The van der Waals surface area contributed by atoms with Gasteiger partial charge in [0, 0.05) is 37.3 Å². The minimum absolute atomic E-state index is 0.0736. The lowest BCUT2D eigenvalue weighted by molar-refractivity contribution is -0.0696. The Kier molecular flexibility index (Phi) is 3.90. The van der Waals surface area contributed by atoms with Gasteiger partial charge in [-0.1, -0.05) is 11.2 Å². The van der Waals surface area contributed by atoms with Crippen LogP contribution < -0.4 is 4.74 Å². The van der Waals surface area contributed by atoms with Gasteiger partial charge in [0.2, 0.25) is 11.7 Å². The lowest BCUT2D eigenvalue weighted by Crippen LogP contribution is -2.50. The van der Waals surface area contributed by atoms with Gasteiger partial charge < -0.3 is 14.0 Å². The van der Waals surface area contributed by atoms with Gasteiger partial charge in [-0.25, -0.2) is 0 Å². The van der Waals surface area contributed by atoms with Crippen LogP contribution in [0.5, 0.6) is 5.88 Å². The van der Waals surface area contributed by atoms with Crippen LogP contribution in [-0.4, -0.2) is 60.7 Å². The molecule has 1 fully saturated rings. The zero-order valence-electron chi connectivity index (χ0n) is 18.9. The predicted octanol–water partition coefficient (Wildman–Crippen LogP) is 1.82.